The molecule has 640 valence electrons. The number of halogens is 29. The van der Waals surface area contributed by atoms with Crippen LogP contribution in [0.5, 0.6) is 11.5 Å². The van der Waals surface area contributed by atoms with Crippen molar-refractivity contribution in [2.24, 2.45) is 21.7 Å². The normalized spacial score (nSPS) is 16.9. The zero-order chi connectivity index (χ0) is 88.2. The molecule has 0 heterocycles. The number of carbonyl (C=O) groups is 4. The lowest BCUT2D eigenvalue weighted by Crippen LogP contribution is -2.69. The predicted octanol–water partition coefficient (Wildman–Crippen LogP) is 24.7. The van der Waals surface area contributed by atoms with Crippen LogP contribution in [0.25, 0.3) is 0 Å². The van der Waals surface area contributed by atoms with Gasteiger partial charge in [-0.25, -0.2) is 35.1 Å². The Morgan fingerprint density at radius 3 is 1.15 bits per heavy atom. The largest absolute Gasteiger partial charge is 0.450 e. The fourth-order valence-corrected chi connectivity index (χ4v) is 6.76. The summed E-state index contributed by atoms with van der Waals surface area (Å²) in [6.07, 6.45) is -20.5. The summed E-state index contributed by atoms with van der Waals surface area (Å²) in [5.41, 5.74) is -7.73. The molecule has 1 aliphatic carbocycles. The van der Waals surface area contributed by atoms with Crippen molar-refractivity contribution in [1.82, 2.24) is 0 Å². The number of hydrogen-bond acceptors (Lipinski definition) is 10. The summed E-state index contributed by atoms with van der Waals surface area (Å²) in [4.78, 5) is 46.5. The number of ether oxygens (including phenoxy) is 6. The number of esters is 4. The first-order valence-electron chi connectivity index (χ1n) is 33.4. The van der Waals surface area contributed by atoms with E-state index >= 15 is 0 Å². The van der Waals surface area contributed by atoms with Crippen LogP contribution < -0.4 is 9.47 Å². The van der Waals surface area contributed by atoms with Gasteiger partial charge in [0, 0.05) is 18.4 Å². The van der Waals surface area contributed by atoms with Crippen molar-refractivity contribution >= 4 is 23.9 Å². The molecule has 10 nitrogen and oxygen atoms in total. The highest BCUT2D eigenvalue weighted by Crippen LogP contribution is 2.60. The van der Waals surface area contributed by atoms with Crippen LogP contribution in [0.1, 0.15) is 226 Å². The summed E-state index contributed by atoms with van der Waals surface area (Å²) in [6.45, 7) is 31.3. The van der Waals surface area contributed by atoms with E-state index in [4.69, 9.17) is 4.74 Å². The molecule has 1 saturated carbocycles. The molecule has 0 saturated heterocycles. The lowest BCUT2D eigenvalue weighted by molar-refractivity contribution is -0.409. The molecular formula is C71H93F29O10. The molecule has 5 unspecified atom stereocenters. The van der Waals surface area contributed by atoms with E-state index in [9.17, 15) is 147 Å². The number of alkyl halides is 19. The third kappa shape index (κ3) is 30.7. The monoisotopic (exact) mass is 1660 g/mol. The van der Waals surface area contributed by atoms with E-state index in [-0.39, 0.29) is 30.8 Å². The molecule has 1 fully saturated rings. The quantitative estimate of drug-likeness (QED) is 0.0355. The summed E-state index contributed by atoms with van der Waals surface area (Å²) in [5, 5.41) is 0. The Hall–Kier alpha value is -6.57. The molecule has 0 aliphatic heterocycles. The maximum absolute atomic E-state index is 14.1. The summed E-state index contributed by atoms with van der Waals surface area (Å²) < 4.78 is 394. The maximum atomic E-state index is 14.1. The van der Waals surface area contributed by atoms with Gasteiger partial charge in [-0.15, -0.1) is 0 Å². The highest BCUT2D eigenvalue weighted by Gasteiger charge is 2.84. The second-order valence-electron chi connectivity index (χ2n) is 28.0. The van der Waals surface area contributed by atoms with Gasteiger partial charge in [-0.2, -0.15) is 92.2 Å². The van der Waals surface area contributed by atoms with Crippen LogP contribution in [-0.4, -0.2) is 96.5 Å². The molecule has 0 radical (unpaired) electrons. The molecule has 0 aromatic heterocycles. The minimum atomic E-state index is -5.95. The minimum Gasteiger partial charge on any atom is -0.450 e. The third-order valence-electron chi connectivity index (χ3n) is 17.0. The van der Waals surface area contributed by atoms with Crippen LogP contribution in [0.15, 0.2) is 18.2 Å². The number of hydrogen-bond donors (Lipinski definition) is 0. The number of carbonyl (C=O) groups excluding carboxylic acids is 4. The molecule has 3 aromatic rings. The van der Waals surface area contributed by atoms with Gasteiger partial charge in [-0.1, -0.05) is 55.4 Å². The van der Waals surface area contributed by atoms with Crippen molar-refractivity contribution in [2.75, 3.05) is 6.61 Å². The zero-order valence-electron chi connectivity index (χ0n) is 64.2. The fraction of sp³-hybridized carbons (Fsp3) is 0.690. The first kappa shape index (κ1) is 108. The van der Waals surface area contributed by atoms with Crippen molar-refractivity contribution in [3.8, 4) is 11.5 Å². The predicted molar refractivity (Wildman–Crippen MR) is 343 cm³/mol. The Bertz CT molecular complexity index is 3390. The molecular weight excluding hydrogens is 1560 g/mol. The van der Waals surface area contributed by atoms with Crippen LogP contribution in [0.2, 0.25) is 0 Å². The van der Waals surface area contributed by atoms with Crippen LogP contribution in [-0.2, 0) is 44.3 Å². The Kier molecular flexibility index (Phi) is 40.6. The lowest BCUT2D eigenvalue weighted by Gasteiger charge is -2.45. The third-order valence-corrected chi connectivity index (χ3v) is 17.0. The SMILES string of the molecule is CCC(C)(C)C(=O)OC(C)(C)C(F)(F)F.CCC(C)(C)C(=O)OC1(F)CCC(F)(F)C(F)(F)C1(F)F.CCC(C)(C)C(=O)Oc1c(F)c(F)c(F)c(F)c1F.CCC(C)(C)C(=O)Oc1cc(C)cc(C(F)(F)F)c1.CCC(C)OC(C)C(F)(F)F.CCC(C)OCC(F)(F)F.CCC(C)c1c(F)c(F)c(F)c(F)c1F. The molecule has 0 amide bonds. The Labute approximate surface area is 618 Å². The van der Waals surface area contributed by atoms with Gasteiger partial charge in [-0.3, -0.25) is 19.2 Å². The smallest absolute Gasteiger partial charge is 0.427 e. The van der Waals surface area contributed by atoms with Crippen LogP contribution in [0, 0.1) is 86.8 Å². The second-order valence-corrected chi connectivity index (χ2v) is 28.0. The van der Waals surface area contributed by atoms with Gasteiger partial charge in [-0.05, 0) is 172 Å². The topological polar surface area (TPSA) is 124 Å². The molecule has 39 heteroatoms. The van der Waals surface area contributed by atoms with Crippen LogP contribution in [0.3, 0.4) is 0 Å². The Balaban J connectivity index is -0.00000123. The number of aryl methyl sites for hydroxylation is 1. The van der Waals surface area contributed by atoms with E-state index in [1.807, 2.05) is 6.92 Å². The molecule has 110 heavy (non-hydrogen) atoms. The molecule has 4 rings (SSSR count). The van der Waals surface area contributed by atoms with E-state index in [1.165, 1.54) is 54.5 Å². The van der Waals surface area contributed by atoms with Gasteiger partial charge in [0.05, 0.1) is 39.4 Å². The first-order chi connectivity index (χ1) is 49.0. The maximum Gasteiger partial charge on any atom is 0.427 e. The molecule has 5 atom stereocenters. The molecule has 0 spiro atoms. The highest BCUT2D eigenvalue weighted by atomic mass is 19.4. The molecule has 3 aromatic carbocycles. The van der Waals surface area contributed by atoms with Gasteiger partial charge in [0.25, 0.3) is 0 Å². The average molecular weight is 1660 g/mol. The summed E-state index contributed by atoms with van der Waals surface area (Å²) >= 11 is 0. The Morgan fingerprint density at radius 2 is 0.809 bits per heavy atom. The zero-order valence-corrected chi connectivity index (χ0v) is 64.2. The number of benzene rings is 3. The lowest BCUT2D eigenvalue weighted by atomic mass is 9.84. The van der Waals surface area contributed by atoms with E-state index < -0.39 is 206 Å². The van der Waals surface area contributed by atoms with E-state index in [0.717, 1.165) is 32.9 Å². The van der Waals surface area contributed by atoms with Crippen molar-refractivity contribution < 1.29 is 175 Å². The fourth-order valence-electron chi connectivity index (χ4n) is 6.76. The van der Waals surface area contributed by atoms with Gasteiger partial charge < -0.3 is 28.4 Å². The van der Waals surface area contributed by atoms with Crippen molar-refractivity contribution in [3.05, 3.63) is 93.1 Å². The highest BCUT2D eigenvalue weighted by molar-refractivity contribution is 5.79. The van der Waals surface area contributed by atoms with Gasteiger partial charge in [0.1, 0.15) is 12.4 Å². The standard InChI is InChI=1S/C14H17F3O2.C12H15F7O2.C12H11F5O2.C10H9F5.C10H17F3O2.C7H13F3O.C6H11F3O/c1-5-13(3,4)12(18)19-11-7-9(2)6-10(8-11)14(15,16)17;1-4-8(2,3)7(20)21-10(15)6-5-9(13,14)11(16,17)12(10,18)19;1-4-12(2,3)11(18)19-10-8(16)6(14)5(13)7(15)9(10)17;1-3-4(2)5-6(11)8(13)10(15)9(14)7(5)12;1-6-8(2,3)7(14)15-9(4,5)10(11,12)13;1-4-5(2)11-6(3)7(8,9)10;1-3-5(2)10-4-6(7,8)9/h6-8H,5H2,1-4H3;4-6H2,1-3H3;4H2,1-3H3;4H,3H2,1-2H3;6H2,1-5H3;5-6H,4H2,1-3H3;5H,3-4H2,1-2H3. The van der Waals surface area contributed by atoms with Crippen LogP contribution in [0.4, 0.5) is 127 Å². The van der Waals surface area contributed by atoms with Crippen molar-refractivity contribution in [1.29, 1.82) is 0 Å². The van der Waals surface area contributed by atoms with Gasteiger partial charge >= 0.3 is 72.2 Å². The first-order valence-corrected chi connectivity index (χ1v) is 33.4. The average Bonchev–Trinajstić information content (AvgIpc) is 0.712. The number of rotatable bonds is 20. The van der Waals surface area contributed by atoms with E-state index in [2.05, 4.69) is 23.7 Å². The summed E-state index contributed by atoms with van der Waals surface area (Å²) in [7, 11) is 0. The van der Waals surface area contributed by atoms with E-state index in [1.54, 1.807) is 76.2 Å². The van der Waals surface area contributed by atoms with Gasteiger partial charge in [0.15, 0.2) is 29.4 Å². The summed E-state index contributed by atoms with van der Waals surface area (Å²) in [6, 6.07) is 3.28. The molecule has 1 aliphatic rings. The van der Waals surface area contributed by atoms with Crippen molar-refractivity contribution in [2.45, 2.75) is 288 Å². The van der Waals surface area contributed by atoms with Crippen molar-refractivity contribution in [3.63, 3.8) is 0 Å². The summed E-state index contributed by atoms with van der Waals surface area (Å²) in [5.74, 6) is -48.0. The second kappa shape index (κ2) is 41.5. The Morgan fingerprint density at radius 1 is 0.445 bits per heavy atom. The van der Waals surface area contributed by atoms with Gasteiger partial charge in [0.2, 0.25) is 46.3 Å². The van der Waals surface area contributed by atoms with Crippen LogP contribution >= 0.6 is 0 Å². The molecule has 0 bridgehead atoms. The minimum absolute atomic E-state index is 0.0556. The van der Waals surface area contributed by atoms with E-state index in [0.29, 0.717) is 37.7 Å². The molecule has 0 N–H and O–H groups in total.